The summed E-state index contributed by atoms with van der Waals surface area (Å²) < 4.78 is 0. The molecule has 0 aromatic heterocycles. The molecule has 36 heavy (non-hydrogen) atoms. The Morgan fingerprint density at radius 2 is 1.42 bits per heavy atom. The van der Waals surface area contributed by atoms with Gasteiger partial charge in [0.2, 0.25) is 0 Å². The average Bonchev–Trinajstić information content (AvgIpc) is 2.79. The molecule has 0 bridgehead atoms. The third-order valence-electron chi connectivity index (χ3n) is 5.78. The first kappa shape index (κ1) is 26.8. The van der Waals surface area contributed by atoms with E-state index in [0.29, 0.717) is 28.8 Å². The molecule has 6 nitrogen and oxygen atoms in total. The number of carboxylic acid groups (broad SMARTS) is 1. The standard InChI is InChI=1S/C30H37N3O3/c1-19(2)17-33(18-20(3)4)28-14-10-23(26-15-22(6)9-13-25(26)29(34)35)16-27(28)32-30(36)31-24-11-7-21(5)8-12-24/h7-16,19-20H,17-18H2,1-6H3,(H,34,35)(H2,31,32,36). The summed E-state index contributed by atoms with van der Waals surface area (Å²) in [6.07, 6.45) is 0. The molecule has 0 saturated carbocycles. The molecule has 3 aromatic carbocycles. The van der Waals surface area contributed by atoms with E-state index in [1.807, 2.05) is 62.4 Å². The van der Waals surface area contributed by atoms with Crippen molar-refractivity contribution in [3.05, 3.63) is 77.4 Å². The lowest BCUT2D eigenvalue weighted by molar-refractivity contribution is 0.0697. The predicted octanol–water partition coefficient (Wildman–Crippen LogP) is 7.43. The lowest BCUT2D eigenvalue weighted by Gasteiger charge is -2.31. The summed E-state index contributed by atoms with van der Waals surface area (Å²) in [5, 5.41) is 15.7. The molecule has 3 rings (SSSR count). The predicted molar refractivity (Wildman–Crippen MR) is 149 cm³/mol. The molecule has 0 aliphatic heterocycles. The molecule has 0 heterocycles. The number of hydrogen-bond acceptors (Lipinski definition) is 3. The molecular formula is C30H37N3O3. The summed E-state index contributed by atoms with van der Waals surface area (Å²) in [5.41, 5.74) is 5.90. The van der Waals surface area contributed by atoms with Gasteiger partial charge in [0.05, 0.1) is 16.9 Å². The van der Waals surface area contributed by atoms with Gasteiger partial charge in [0, 0.05) is 18.8 Å². The Kier molecular flexibility index (Phi) is 8.75. The maximum absolute atomic E-state index is 13.0. The second kappa shape index (κ2) is 11.8. The van der Waals surface area contributed by atoms with Crippen LogP contribution in [0, 0.1) is 25.7 Å². The molecule has 0 fully saturated rings. The van der Waals surface area contributed by atoms with Crippen LogP contribution in [0.25, 0.3) is 11.1 Å². The number of carbonyl (C=O) groups excluding carboxylic acids is 1. The molecule has 0 saturated heterocycles. The molecule has 2 amide bonds. The number of rotatable bonds is 9. The molecule has 0 spiro atoms. The fourth-order valence-corrected chi connectivity index (χ4v) is 4.24. The van der Waals surface area contributed by atoms with E-state index in [1.165, 1.54) is 0 Å². The molecule has 0 atom stereocenters. The van der Waals surface area contributed by atoms with E-state index in [1.54, 1.807) is 12.1 Å². The second-order valence-electron chi connectivity index (χ2n) is 10.2. The molecule has 6 heteroatoms. The number of benzene rings is 3. The average molecular weight is 488 g/mol. The minimum absolute atomic E-state index is 0.227. The van der Waals surface area contributed by atoms with E-state index in [4.69, 9.17) is 0 Å². The number of carbonyl (C=O) groups is 2. The fraction of sp³-hybridized carbons (Fsp3) is 0.333. The van der Waals surface area contributed by atoms with E-state index in [9.17, 15) is 14.7 Å². The molecular weight excluding hydrogens is 450 g/mol. The highest BCUT2D eigenvalue weighted by Crippen LogP contribution is 2.34. The number of nitrogens with zero attached hydrogens (tertiary/aromatic N) is 1. The van der Waals surface area contributed by atoms with Gasteiger partial charge in [-0.25, -0.2) is 9.59 Å². The molecule has 0 aliphatic rings. The first-order valence-electron chi connectivity index (χ1n) is 12.4. The topological polar surface area (TPSA) is 81.7 Å². The van der Waals surface area contributed by atoms with Crippen molar-refractivity contribution < 1.29 is 14.7 Å². The Hall–Kier alpha value is -3.80. The molecule has 3 N–H and O–H groups in total. The van der Waals surface area contributed by atoms with Crippen LogP contribution in [0.3, 0.4) is 0 Å². The largest absolute Gasteiger partial charge is 0.478 e. The van der Waals surface area contributed by atoms with Crippen LogP contribution in [-0.4, -0.2) is 30.2 Å². The van der Waals surface area contributed by atoms with E-state index in [2.05, 4.69) is 43.2 Å². The maximum Gasteiger partial charge on any atom is 0.336 e. The summed E-state index contributed by atoms with van der Waals surface area (Å²) in [4.78, 5) is 27.2. The smallest absolute Gasteiger partial charge is 0.336 e. The van der Waals surface area contributed by atoms with E-state index in [0.717, 1.165) is 35.5 Å². The van der Waals surface area contributed by atoms with Gasteiger partial charge in [-0.15, -0.1) is 0 Å². The van der Waals surface area contributed by atoms with Crippen molar-refractivity contribution in [2.75, 3.05) is 28.6 Å². The molecule has 3 aromatic rings. The normalized spacial score (nSPS) is 11.0. The van der Waals surface area contributed by atoms with Gasteiger partial charge < -0.3 is 20.6 Å². The number of hydrogen-bond donors (Lipinski definition) is 3. The van der Waals surface area contributed by atoms with Gasteiger partial charge >= 0.3 is 12.0 Å². The lowest BCUT2D eigenvalue weighted by Crippen LogP contribution is -2.32. The van der Waals surface area contributed by atoms with Gasteiger partial charge in [0.1, 0.15) is 0 Å². The van der Waals surface area contributed by atoms with Crippen LogP contribution in [0.2, 0.25) is 0 Å². The molecule has 0 radical (unpaired) electrons. The number of anilines is 3. The Morgan fingerprint density at radius 3 is 2.00 bits per heavy atom. The molecule has 190 valence electrons. The molecule has 0 aliphatic carbocycles. The SMILES string of the molecule is Cc1ccc(NC(=O)Nc2cc(-c3cc(C)ccc3C(=O)O)ccc2N(CC(C)C)CC(C)C)cc1. The number of amides is 2. The zero-order valence-electron chi connectivity index (χ0n) is 22.1. The van der Waals surface area contributed by atoms with Crippen LogP contribution < -0.4 is 15.5 Å². The highest BCUT2D eigenvalue weighted by atomic mass is 16.4. The number of urea groups is 1. The van der Waals surface area contributed by atoms with Crippen molar-refractivity contribution in [2.45, 2.75) is 41.5 Å². The van der Waals surface area contributed by atoms with Gasteiger partial charge in [0.15, 0.2) is 0 Å². The van der Waals surface area contributed by atoms with Crippen molar-refractivity contribution in [3.63, 3.8) is 0 Å². The number of aryl methyl sites for hydroxylation is 2. The number of aromatic carboxylic acids is 1. The summed E-state index contributed by atoms with van der Waals surface area (Å²) in [6.45, 7) is 14.3. The van der Waals surface area contributed by atoms with E-state index < -0.39 is 5.97 Å². The van der Waals surface area contributed by atoms with Gasteiger partial charge in [-0.05, 0) is 67.1 Å². The third-order valence-corrected chi connectivity index (χ3v) is 5.78. The van der Waals surface area contributed by atoms with Crippen molar-refractivity contribution >= 4 is 29.1 Å². The fourth-order valence-electron chi connectivity index (χ4n) is 4.24. The second-order valence-corrected chi connectivity index (χ2v) is 10.2. The first-order chi connectivity index (χ1) is 17.0. The molecule has 0 unspecified atom stereocenters. The third kappa shape index (κ3) is 7.11. The van der Waals surface area contributed by atoms with Crippen LogP contribution >= 0.6 is 0 Å². The van der Waals surface area contributed by atoms with Crippen LogP contribution in [0.4, 0.5) is 21.9 Å². The van der Waals surface area contributed by atoms with Gasteiger partial charge in [-0.3, -0.25) is 0 Å². The number of carboxylic acids is 1. The highest BCUT2D eigenvalue weighted by molar-refractivity contribution is 6.03. The highest BCUT2D eigenvalue weighted by Gasteiger charge is 2.19. The van der Waals surface area contributed by atoms with Crippen LogP contribution in [0.5, 0.6) is 0 Å². The van der Waals surface area contributed by atoms with Crippen LogP contribution in [0.15, 0.2) is 60.7 Å². The lowest BCUT2D eigenvalue weighted by atomic mass is 9.96. The summed E-state index contributed by atoms with van der Waals surface area (Å²) in [7, 11) is 0. The summed E-state index contributed by atoms with van der Waals surface area (Å²) >= 11 is 0. The van der Waals surface area contributed by atoms with Gasteiger partial charge in [-0.2, -0.15) is 0 Å². The first-order valence-corrected chi connectivity index (χ1v) is 12.4. The van der Waals surface area contributed by atoms with Gasteiger partial charge in [0.25, 0.3) is 0 Å². The van der Waals surface area contributed by atoms with E-state index >= 15 is 0 Å². The minimum atomic E-state index is -0.984. The zero-order valence-corrected chi connectivity index (χ0v) is 22.1. The van der Waals surface area contributed by atoms with Crippen LogP contribution in [-0.2, 0) is 0 Å². The maximum atomic E-state index is 13.0. The van der Waals surface area contributed by atoms with Crippen molar-refractivity contribution in [3.8, 4) is 11.1 Å². The van der Waals surface area contributed by atoms with Crippen molar-refractivity contribution in [2.24, 2.45) is 11.8 Å². The summed E-state index contributed by atoms with van der Waals surface area (Å²) in [6, 6.07) is 18.3. The monoisotopic (exact) mass is 487 g/mol. The van der Waals surface area contributed by atoms with E-state index in [-0.39, 0.29) is 11.6 Å². The summed E-state index contributed by atoms with van der Waals surface area (Å²) in [5.74, 6) is -0.136. The Balaban J connectivity index is 2.06. The number of nitrogens with one attached hydrogen (secondary N) is 2. The van der Waals surface area contributed by atoms with Crippen LogP contribution in [0.1, 0.15) is 49.2 Å². The van der Waals surface area contributed by atoms with Crippen molar-refractivity contribution in [1.29, 1.82) is 0 Å². The Bertz CT molecular complexity index is 1210. The van der Waals surface area contributed by atoms with Crippen molar-refractivity contribution in [1.82, 2.24) is 0 Å². The Morgan fingerprint density at radius 1 is 0.806 bits per heavy atom. The Labute approximate surface area is 214 Å². The van der Waals surface area contributed by atoms with Gasteiger partial charge in [-0.1, -0.05) is 69.2 Å². The minimum Gasteiger partial charge on any atom is -0.478 e. The quantitative estimate of drug-likeness (QED) is 0.293. The zero-order chi connectivity index (χ0) is 26.4.